The normalized spacial score (nSPS) is 18.5. The molecule has 1 saturated carbocycles. The van der Waals surface area contributed by atoms with Gasteiger partial charge in [-0.05, 0) is 96.7 Å². The van der Waals surface area contributed by atoms with E-state index in [0.717, 1.165) is 48.3 Å². The molecule has 0 amide bonds. The van der Waals surface area contributed by atoms with Gasteiger partial charge in [-0.1, -0.05) is 68.3 Å². The number of hydrogen-bond acceptors (Lipinski definition) is 0. The fourth-order valence-corrected chi connectivity index (χ4v) is 5.20. The molecule has 3 heteroatoms. The van der Waals surface area contributed by atoms with Crippen LogP contribution in [0.1, 0.15) is 73.6 Å². The summed E-state index contributed by atoms with van der Waals surface area (Å²) in [5, 5.41) is 0. The Balaban J connectivity index is 1.39. The molecule has 0 bridgehead atoms. The zero-order valence-electron chi connectivity index (χ0n) is 19.6. The van der Waals surface area contributed by atoms with E-state index in [9.17, 15) is 13.2 Å². The Kier molecular flexibility index (Phi) is 7.57. The predicted molar refractivity (Wildman–Crippen MR) is 130 cm³/mol. The maximum atomic E-state index is 14.9. The van der Waals surface area contributed by atoms with E-state index in [-0.39, 0.29) is 11.7 Å². The summed E-state index contributed by atoms with van der Waals surface area (Å²) >= 11 is 0. The summed E-state index contributed by atoms with van der Waals surface area (Å²) in [5.41, 5.74) is 4.43. The van der Waals surface area contributed by atoms with Crippen LogP contribution in [0, 0.1) is 30.3 Å². The first-order valence-corrected chi connectivity index (χ1v) is 12.3. The first kappa shape index (κ1) is 23.6. The quantitative estimate of drug-likeness (QED) is 0.337. The van der Waals surface area contributed by atoms with Crippen molar-refractivity contribution in [3.8, 4) is 11.1 Å². The van der Waals surface area contributed by atoms with Crippen LogP contribution in [0.4, 0.5) is 13.2 Å². The van der Waals surface area contributed by atoms with Gasteiger partial charge in [0.1, 0.15) is 5.82 Å². The van der Waals surface area contributed by atoms with Gasteiger partial charge in [0.15, 0.2) is 11.6 Å². The van der Waals surface area contributed by atoms with Gasteiger partial charge >= 0.3 is 0 Å². The minimum Gasteiger partial charge on any atom is -0.207 e. The van der Waals surface area contributed by atoms with Gasteiger partial charge in [-0.25, -0.2) is 13.2 Å². The van der Waals surface area contributed by atoms with Crippen LogP contribution in [0.25, 0.3) is 11.1 Å². The van der Waals surface area contributed by atoms with Crippen LogP contribution in [0.2, 0.25) is 0 Å². The number of aryl methyl sites for hydroxylation is 3. The van der Waals surface area contributed by atoms with Crippen molar-refractivity contribution < 1.29 is 13.2 Å². The van der Waals surface area contributed by atoms with Crippen LogP contribution in [0.5, 0.6) is 0 Å². The molecule has 4 rings (SSSR count). The molecule has 0 unspecified atom stereocenters. The average molecular weight is 451 g/mol. The predicted octanol–water partition coefficient (Wildman–Crippen LogP) is 8.94. The molecule has 174 valence electrons. The Bertz CT molecular complexity index is 1080. The van der Waals surface area contributed by atoms with Crippen LogP contribution >= 0.6 is 0 Å². The Morgan fingerprint density at radius 3 is 2.12 bits per heavy atom. The number of hydrogen-bond donors (Lipinski definition) is 0. The molecule has 3 aromatic rings. The van der Waals surface area contributed by atoms with Crippen LogP contribution in [-0.4, -0.2) is 0 Å². The van der Waals surface area contributed by atoms with E-state index in [2.05, 4.69) is 6.92 Å². The van der Waals surface area contributed by atoms with E-state index in [1.165, 1.54) is 12.8 Å². The second kappa shape index (κ2) is 10.6. The van der Waals surface area contributed by atoms with Gasteiger partial charge in [-0.2, -0.15) is 0 Å². The molecular formula is C30H33F3. The molecular weight excluding hydrogens is 417 g/mol. The smallest absolute Gasteiger partial charge is 0.162 e. The number of rotatable bonds is 7. The molecule has 0 nitrogen and oxygen atoms in total. The van der Waals surface area contributed by atoms with Crippen molar-refractivity contribution in [1.82, 2.24) is 0 Å². The van der Waals surface area contributed by atoms with Gasteiger partial charge in [0, 0.05) is 0 Å². The zero-order valence-corrected chi connectivity index (χ0v) is 19.6. The SMILES string of the molecule is CCCC1CCC(c2ccc(CCc3ccc(-c4ccc(C)c(F)c4)cc3)c(F)c2F)CC1. The summed E-state index contributed by atoms with van der Waals surface area (Å²) in [5.74, 6) is -0.666. The maximum absolute atomic E-state index is 14.9. The Morgan fingerprint density at radius 2 is 1.45 bits per heavy atom. The van der Waals surface area contributed by atoms with Gasteiger partial charge < -0.3 is 0 Å². The molecule has 0 radical (unpaired) electrons. The molecule has 0 heterocycles. The van der Waals surface area contributed by atoms with E-state index in [0.29, 0.717) is 29.5 Å². The van der Waals surface area contributed by atoms with Gasteiger partial charge in [-0.3, -0.25) is 0 Å². The van der Waals surface area contributed by atoms with Crippen molar-refractivity contribution in [2.24, 2.45) is 5.92 Å². The van der Waals surface area contributed by atoms with Crippen LogP contribution in [-0.2, 0) is 12.8 Å². The first-order chi connectivity index (χ1) is 16.0. The summed E-state index contributed by atoms with van der Waals surface area (Å²) in [6.07, 6.45) is 7.66. The summed E-state index contributed by atoms with van der Waals surface area (Å²) in [4.78, 5) is 0. The molecule has 33 heavy (non-hydrogen) atoms. The minimum atomic E-state index is -0.685. The number of halogens is 3. The minimum absolute atomic E-state index is 0.140. The Hall–Kier alpha value is -2.55. The van der Waals surface area contributed by atoms with E-state index >= 15 is 0 Å². The Labute approximate surface area is 195 Å². The lowest BCUT2D eigenvalue weighted by atomic mass is 9.77. The Morgan fingerprint density at radius 1 is 0.758 bits per heavy atom. The van der Waals surface area contributed by atoms with Gasteiger partial charge in [0.05, 0.1) is 0 Å². The monoisotopic (exact) mass is 450 g/mol. The molecule has 1 fully saturated rings. The van der Waals surface area contributed by atoms with Crippen LogP contribution < -0.4 is 0 Å². The van der Waals surface area contributed by atoms with E-state index in [1.54, 1.807) is 25.1 Å². The summed E-state index contributed by atoms with van der Waals surface area (Å²) in [6, 6.07) is 16.7. The first-order valence-electron chi connectivity index (χ1n) is 12.3. The third-order valence-electron chi connectivity index (χ3n) is 7.32. The summed E-state index contributed by atoms with van der Waals surface area (Å²) in [6.45, 7) is 3.95. The second-order valence-corrected chi connectivity index (χ2v) is 9.61. The average Bonchev–Trinajstić information content (AvgIpc) is 2.83. The lowest BCUT2D eigenvalue weighted by Crippen LogP contribution is -2.15. The van der Waals surface area contributed by atoms with Crippen LogP contribution in [0.3, 0.4) is 0 Å². The third-order valence-corrected chi connectivity index (χ3v) is 7.32. The van der Waals surface area contributed by atoms with Crippen molar-refractivity contribution in [2.75, 3.05) is 0 Å². The molecule has 3 aromatic carbocycles. The van der Waals surface area contributed by atoms with Gasteiger partial charge in [-0.15, -0.1) is 0 Å². The largest absolute Gasteiger partial charge is 0.207 e. The fraction of sp³-hybridized carbons (Fsp3) is 0.400. The van der Waals surface area contributed by atoms with Crippen molar-refractivity contribution in [2.45, 2.75) is 71.1 Å². The molecule has 1 aliphatic rings. The molecule has 0 N–H and O–H groups in total. The van der Waals surface area contributed by atoms with Crippen LogP contribution in [0.15, 0.2) is 54.6 Å². The highest BCUT2D eigenvalue weighted by molar-refractivity contribution is 5.64. The lowest BCUT2D eigenvalue weighted by molar-refractivity contribution is 0.302. The van der Waals surface area contributed by atoms with Crippen molar-refractivity contribution in [1.29, 1.82) is 0 Å². The second-order valence-electron chi connectivity index (χ2n) is 9.61. The number of benzene rings is 3. The van der Waals surface area contributed by atoms with E-state index in [1.807, 2.05) is 36.4 Å². The van der Waals surface area contributed by atoms with Crippen molar-refractivity contribution in [3.63, 3.8) is 0 Å². The molecule has 0 atom stereocenters. The van der Waals surface area contributed by atoms with Crippen molar-refractivity contribution >= 4 is 0 Å². The summed E-state index contributed by atoms with van der Waals surface area (Å²) in [7, 11) is 0. The van der Waals surface area contributed by atoms with E-state index in [4.69, 9.17) is 0 Å². The third kappa shape index (κ3) is 5.51. The van der Waals surface area contributed by atoms with Gasteiger partial charge in [0.25, 0.3) is 0 Å². The molecule has 0 spiro atoms. The standard InChI is InChI=1S/C30H33F3/c1-3-4-21-8-14-24(15-9-21)27-18-17-25(29(32)30(27)33)16-10-22-6-12-23(13-7-22)26-11-5-20(2)28(31)19-26/h5-7,11-13,17-19,21,24H,3-4,8-10,14-16H2,1-2H3. The highest BCUT2D eigenvalue weighted by Crippen LogP contribution is 2.39. The van der Waals surface area contributed by atoms with E-state index < -0.39 is 11.6 Å². The fourth-order valence-electron chi connectivity index (χ4n) is 5.20. The highest BCUT2D eigenvalue weighted by atomic mass is 19.2. The highest BCUT2D eigenvalue weighted by Gasteiger charge is 2.26. The lowest BCUT2D eigenvalue weighted by Gasteiger charge is -2.29. The molecule has 0 aromatic heterocycles. The van der Waals surface area contributed by atoms with Gasteiger partial charge in [0.2, 0.25) is 0 Å². The molecule has 0 aliphatic heterocycles. The van der Waals surface area contributed by atoms with Crippen molar-refractivity contribution in [3.05, 3.63) is 94.3 Å². The maximum Gasteiger partial charge on any atom is 0.162 e. The summed E-state index contributed by atoms with van der Waals surface area (Å²) < 4.78 is 43.6. The zero-order chi connectivity index (χ0) is 23.4. The molecule has 1 aliphatic carbocycles. The molecule has 0 saturated heterocycles. The topological polar surface area (TPSA) is 0 Å².